The van der Waals surface area contributed by atoms with Crippen LogP contribution in [-0.2, 0) is 4.74 Å². The summed E-state index contributed by atoms with van der Waals surface area (Å²) >= 11 is 2.66. The van der Waals surface area contributed by atoms with E-state index >= 15 is 0 Å². The standard InChI is InChI=1S/C18H20F2N4O2S2/c1-18(2,3)26-17(25)24(4)9-7-8(19)12(20)10-11-14(21-13(9)10)22-16(28-6)23-15(11)27-5/h7H,1-6H3,(H,21,22,23). The van der Waals surface area contributed by atoms with Gasteiger partial charge in [0.05, 0.1) is 22.0 Å². The van der Waals surface area contributed by atoms with Crippen molar-refractivity contribution in [2.24, 2.45) is 0 Å². The summed E-state index contributed by atoms with van der Waals surface area (Å²) in [7, 11) is 1.44. The number of nitrogens with one attached hydrogen (secondary N) is 1. The van der Waals surface area contributed by atoms with Crippen LogP contribution in [0.1, 0.15) is 20.8 Å². The molecule has 0 radical (unpaired) electrons. The second-order valence-electron chi connectivity index (χ2n) is 7.05. The highest BCUT2D eigenvalue weighted by Crippen LogP contribution is 2.39. The zero-order valence-corrected chi connectivity index (χ0v) is 17.9. The maximum Gasteiger partial charge on any atom is 0.414 e. The van der Waals surface area contributed by atoms with Crippen LogP contribution in [0.5, 0.6) is 0 Å². The lowest BCUT2D eigenvalue weighted by atomic mass is 10.1. The number of carbonyl (C=O) groups excluding carboxylic acids is 1. The van der Waals surface area contributed by atoms with Crippen molar-refractivity contribution in [3.8, 4) is 0 Å². The topological polar surface area (TPSA) is 71.1 Å². The number of halogens is 2. The summed E-state index contributed by atoms with van der Waals surface area (Å²) in [6.07, 6.45) is 2.95. The molecule has 0 aliphatic heterocycles. The number of H-pyrrole nitrogens is 1. The molecule has 28 heavy (non-hydrogen) atoms. The number of ether oxygens (including phenoxy) is 1. The number of anilines is 1. The summed E-state index contributed by atoms with van der Waals surface area (Å²) in [5, 5.41) is 1.43. The van der Waals surface area contributed by atoms with Crippen LogP contribution in [0.4, 0.5) is 19.3 Å². The maximum absolute atomic E-state index is 14.8. The lowest BCUT2D eigenvalue weighted by molar-refractivity contribution is 0.0589. The first kappa shape index (κ1) is 20.7. The van der Waals surface area contributed by atoms with Crippen LogP contribution < -0.4 is 4.90 Å². The molecule has 0 aliphatic rings. The van der Waals surface area contributed by atoms with Crippen molar-refractivity contribution < 1.29 is 18.3 Å². The summed E-state index contributed by atoms with van der Waals surface area (Å²) < 4.78 is 34.6. The smallest absolute Gasteiger partial charge is 0.414 e. The molecule has 3 aromatic rings. The van der Waals surface area contributed by atoms with Gasteiger partial charge in [0.2, 0.25) is 0 Å². The zero-order valence-electron chi connectivity index (χ0n) is 16.3. The number of carbonyl (C=O) groups is 1. The summed E-state index contributed by atoms with van der Waals surface area (Å²) in [6, 6.07) is 0.971. The van der Waals surface area contributed by atoms with Gasteiger partial charge in [-0.05, 0) is 33.3 Å². The van der Waals surface area contributed by atoms with Crippen molar-refractivity contribution in [1.82, 2.24) is 15.0 Å². The van der Waals surface area contributed by atoms with Gasteiger partial charge in [-0.2, -0.15) is 0 Å². The Kier molecular flexibility index (Phi) is 5.46. The first-order chi connectivity index (χ1) is 13.1. The van der Waals surface area contributed by atoms with Gasteiger partial charge in [0.25, 0.3) is 0 Å². The number of hydrogen-bond acceptors (Lipinski definition) is 6. The molecule has 1 amide bonds. The molecule has 0 spiro atoms. The Morgan fingerprint density at radius 3 is 2.43 bits per heavy atom. The molecular weight excluding hydrogens is 406 g/mol. The first-order valence-corrected chi connectivity index (χ1v) is 10.8. The largest absolute Gasteiger partial charge is 0.443 e. The number of amides is 1. The van der Waals surface area contributed by atoms with Gasteiger partial charge in [-0.1, -0.05) is 11.8 Å². The van der Waals surface area contributed by atoms with E-state index in [1.54, 1.807) is 27.0 Å². The van der Waals surface area contributed by atoms with Gasteiger partial charge in [0.15, 0.2) is 16.8 Å². The third kappa shape index (κ3) is 3.62. The fraction of sp³-hybridized carbons (Fsp3) is 0.389. The Bertz CT molecular complexity index is 1080. The molecule has 150 valence electrons. The quantitative estimate of drug-likeness (QED) is 0.352. The fourth-order valence-electron chi connectivity index (χ4n) is 2.76. The summed E-state index contributed by atoms with van der Waals surface area (Å²) in [4.78, 5) is 25.4. The number of benzene rings is 1. The van der Waals surface area contributed by atoms with E-state index in [-0.39, 0.29) is 16.6 Å². The van der Waals surface area contributed by atoms with Crippen LogP contribution in [-0.4, -0.2) is 46.2 Å². The number of nitrogens with zero attached hydrogens (tertiary/aromatic N) is 3. The van der Waals surface area contributed by atoms with Crippen molar-refractivity contribution in [2.75, 3.05) is 24.5 Å². The molecule has 0 bridgehead atoms. The monoisotopic (exact) mass is 426 g/mol. The van der Waals surface area contributed by atoms with Crippen LogP contribution >= 0.6 is 23.5 Å². The molecule has 2 heterocycles. The molecular formula is C18H20F2N4O2S2. The molecule has 0 atom stereocenters. The lowest BCUT2D eigenvalue weighted by Crippen LogP contribution is -2.34. The van der Waals surface area contributed by atoms with Crippen molar-refractivity contribution in [2.45, 2.75) is 36.6 Å². The van der Waals surface area contributed by atoms with Gasteiger partial charge < -0.3 is 9.72 Å². The molecule has 10 heteroatoms. The number of aromatic amines is 1. The summed E-state index contributed by atoms with van der Waals surface area (Å²) in [6.45, 7) is 5.19. The Morgan fingerprint density at radius 2 is 1.86 bits per heavy atom. The highest BCUT2D eigenvalue weighted by Gasteiger charge is 2.27. The minimum absolute atomic E-state index is 0.0115. The van der Waals surface area contributed by atoms with Gasteiger partial charge in [0, 0.05) is 13.1 Å². The van der Waals surface area contributed by atoms with Gasteiger partial charge in [-0.3, -0.25) is 4.90 Å². The number of aromatic nitrogens is 3. The molecule has 0 saturated heterocycles. The van der Waals surface area contributed by atoms with Crippen molar-refractivity contribution in [3.63, 3.8) is 0 Å². The van der Waals surface area contributed by atoms with Crippen molar-refractivity contribution >= 4 is 57.2 Å². The molecule has 0 unspecified atom stereocenters. The van der Waals surface area contributed by atoms with Crippen molar-refractivity contribution in [1.29, 1.82) is 0 Å². The number of hydrogen-bond donors (Lipinski definition) is 1. The summed E-state index contributed by atoms with van der Waals surface area (Å²) in [5.74, 6) is -2.09. The Balaban J connectivity index is 2.31. The number of thioether (sulfide) groups is 2. The molecule has 0 aliphatic carbocycles. The minimum atomic E-state index is -1.07. The predicted molar refractivity (Wildman–Crippen MR) is 110 cm³/mol. The van der Waals surface area contributed by atoms with E-state index in [4.69, 9.17) is 4.74 Å². The van der Waals surface area contributed by atoms with Crippen LogP contribution in [0.15, 0.2) is 16.2 Å². The van der Waals surface area contributed by atoms with Gasteiger partial charge in [0.1, 0.15) is 16.3 Å². The third-order valence-corrected chi connectivity index (χ3v) is 5.18. The normalized spacial score (nSPS) is 12.0. The van der Waals surface area contributed by atoms with Crippen LogP contribution in [0.25, 0.3) is 21.9 Å². The highest BCUT2D eigenvalue weighted by atomic mass is 32.2. The number of fused-ring (bicyclic) bond motifs is 3. The minimum Gasteiger partial charge on any atom is -0.443 e. The Labute approximate surface area is 169 Å². The van der Waals surface area contributed by atoms with Crippen LogP contribution in [0, 0.1) is 11.6 Å². The third-order valence-electron chi connectivity index (χ3n) is 3.95. The van der Waals surface area contributed by atoms with Crippen LogP contribution in [0.3, 0.4) is 0 Å². The second-order valence-corrected chi connectivity index (χ2v) is 8.62. The van der Waals surface area contributed by atoms with E-state index < -0.39 is 23.3 Å². The highest BCUT2D eigenvalue weighted by molar-refractivity contribution is 7.99. The zero-order chi connectivity index (χ0) is 20.8. The van der Waals surface area contributed by atoms with Gasteiger partial charge >= 0.3 is 6.09 Å². The average molecular weight is 427 g/mol. The van der Waals surface area contributed by atoms with E-state index in [0.717, 1.165) is 11.0 Å². The molecule has 2 aromatic heterocycles. The van der Waals surface area contributed by atoms with Gasteiger partial charge in [-0.25, -0.2) is 23.5 Å². The second kappa shape index (κ2) is 7.40. The maximum atomic E-state index is 14.8. The molecule has 3 rings (SSSR count). The average Bonchev–Trinajstić information content (AvgIpc) is 3.01. The van der Waals surface area contributed by atoms with E-state index in [0.29, 0.717) is 21.2 Å². The van der Waals surface area contributed by atoms with Gasteiger partial charge in [-0.15, -0.1) is 11.8 Å². The SMILES string of the molecule is CSc1nc(SC)c2c(n1)[nH]c1c(N(C)C(=O)OC(C)(C)C)cc(F)c(F)c12. The molecule has 0 saturated carbocycles. The van der Waals surface area contributed by atoms with E-state index in [9.17, 15) is 13.6 Å². The van der Waals surface area contributed by atoms with Crippen molar-refractivity contribution in [3.05, 3.63) is 17.7 Å². The fourth-order valence-corrected chi connectivity index (χ4v) is 3.76. The lowest BCUT2D eigenvalue weighted by Gasteiger charge is -2.25. The molecule has 1 N–H and O–H groups in total. The van der Waals surface area contributed by atoms with E-state index in [2.05, 4.69) is 15.0 Å². The molecule has 0 fully saturated rings. The summed E-state index contributed by atoms with van der Waals surface area (Å²) in [5.41, 5.74) is 0.0554. The molecule has 6 nitrogen and oxygen atoms in total. The van der Waals surface area contributed by atoms with E-state index in [1.807, 2.05) is 6.26 Å². The predicted octanol–water partition coefficient (Wildman–Crippen LogP) is 5.20. The number of rotatable bonds is 3. The van der Waals surface area contributed by atoms with E-state index in [1.165, 1.54) is 30.6 Å². The molecule has 1 aromatic carbocycles. The Hall–Kier alpha value is -2.07. The first-order valence-electron chi connectivity index (χ1n) is 8.33. The van der Waals surface area contributed by atoms with Crippen LogP contribution in [0.2, 0.25) is 0 Å². The Morgan fingerprint density at radius 1 is 1.18 bits per heavy atom.